The first-order valence-corrected chi connectivity index (χ1v) is 12.1. The van der Waals surface area contributed by atoms with E-state index in [0.29, 0.717) is 23.6 Å². The summed E-state index contributed by atoms with van der Waals surface area (Å²) in [7, 11) is -3.94. The average molecular weight is 463 g/mol. The second-order valence-electron chi connectivity index (χ2n) is 8.16. The Morgan fingerprint density at radius 2 is 1.55 bits per heavy atom. The van der Waals surface area contributed by atoms with Crippen LogP contribution in [0.5, 0.6) is 0 Å². The van der Waals surface area contributed by atoms with E-state index in [0.717, 1.165) is 16.7 Å². The maximum atomic E-state index is 13.4. The minimum atomic E-state index is -3.94. The molecule has 166 valence electrons. The topological polar surface area (TPSA) is 92.3 Å². The monoisotopic (exact) mass is 462 g/mol. The Bertz CT molecular complexity index is 1080. The smallest absolute Gasteiger partial charge is 0.243 e. The van der Waals surface area contributed by atoms with Gasteiger partial charge in [-0.25, -0.2) is 8.42 Å². The van der Waals surface area contributed by atoms with Gasteiger partial charge in [-0.05, 0) is 69.0 Å². The van der Waals surface area contributed by atoms with Gasteiger partial charge < -0.3 is 10.6 Å². The van der Waals surface area contributed by atoms with Crippen molar-refractivity contribution >= 4 is 38.9 Å². The molecule has 2 N–H and O–H groups in total. The van der Waals surface area contributed by atoms with Gasteiger partial charge in [0.15, 0.2) is 14.6 Å². The lowest BCUT2D eigenvalue weighted by Crippen LogP contribution is -2.52. The molecule has 6 nitrogen and oxygen atoms in total. The molecule has 0 aromatic heterocycles. The fourth-order valence-electron chi connectivity index (χ4n) is 4.29. The fraction of sp³-hybridized carbons (Fsp3) is 0.391. The van der Waals surface area contributed by atoms with Crippen LogP contribution in [0.3, 0.4) is 0 Å². The second kappa shape index (κ2) is 9.01. The molecular weight excluding hydrogens is 436 g/mol. The van der Waals surface area contributed by atoms with Crippen molar-refractivity contribution in [2.24, 2.45) is 0 Å². The third-order valence-electron chi connectivity index (χ3n) is 5.81. The van der Waals surface area contributed by atoms with Crippen molar-refractivity contribution in [1.82, 2.24) is 5.32 Å². The molecule has 3 rings (SSSR count). The molecule has 0 atom stereocenters. The number of aryl methyl sites for hydroxylation is 3. The summed E-state index contributed by atoms with van der Waals surface area (Å²) < 4.78 is 25.2. The second-order valence-corrected chi connectivity index (χ2v) is 10.9. The molecule has 1 saturated carbocycles. The van der Waals surface area contributed by atoms with E-state index < -0.39 is 26.4 Å². The number of hydrogen-bond donors (Lipinski definition) is 2. The molecule has 0 saturated heterocycles. The third-order valence-corrected chi connectivity index (χ3v) is 8.58. The van der Waals surface area contributed by atoms with Gasteiger partial charge in [-0.2, -0.15) is 0 Å². The molecule has 8 heteroatoms. The molecule has 0 unspecified atom stereocenters. The van der Waals surface area contributed by atoms with Gasteiger partial charge >= 0.3 is 0 Å². The number of rotatable bonds is 6. The summed E-state index contributed by atoms with van der Waals surface area (Å²) in [4.78, 5) is 25.6. The molecule has 2 aromatic rings. The van der Waals surface area contributed by atoms with Gasteiger partial charge in [0.1, 0.15) is 0 Å². The number of hydrogen-bond acceptors (Lipinski definition) is 4. The summed E-state index contributed by atoms with van der Waals surface area (Å²) in [6.07, 6.45) is 1.71. The molecule has 1 fully saturated rings. The highest BCUT2D eigenvalue weighted by molar-refractivity contribution is 7.93. The normalized spacial score (nSPS) is 15.5. The number of carbonyl (C=O) groups is 2. The Morgan fingerprint density at radius 1 is 1.00 bits per heavy atom. The summed E-state index contributed by atoms with van der Waals surface area (Å²) in [5, 5.41) is 5.81. The van der Waals surface area contributed by atoms with Crippen molar-refractivity contribution < 1.29 is 18.0 Å². The van der Waals surface area contributed by atoms with E-state index in [2.05, 4.69) is 10.6 Å². The molecule has 31 heavy (non-hydrogen) atoms. The standard InChI is InChI=1S/C23H27ClN2O4S/c1-15-12-16(2)21(17(3)13-15)26-20(27)14-25-22(28)23(10-4-5-11-23)31(29,30)19-8-6-18(24)7-9-19/h6-9,12-13H,4-5,10-11,14H2,1-3H3,(H,25,28)(H,26,27). The Kier molecular flexibility index (Phi) is 6.76. The van der Waals surface area contributed by atoms with E-state index in [1.54, 1.807) is 0 Å². The lowest BCUT2D eigenvalue weighted by molar-refractivity contribution is -0.126. The van der Waals surface area contributed by atoms with Crippen molar-refractivity contribution in [3.05, 3.63) is 58.1 Å². The number of sulfone groups is 1. The first kappa shape index (κ1) is 23.3. The molecule has 0 bridgehead atoms. The molecule has 2 aromatic carbocycles. The van der Waals surface area contributed by atoms with Crippen LogP contribution in [0.25, 0.3) is 0 Å². The molecular formula is C23H27ClN2O4S. The van der Waals surface area contributed by atoms with Crippen LogP contribution in [0.1, 0.15) is 42.4 Å². The maximum Gasteiger partial charge on any atom is 0.243 e. The molecule has 0 spiro atoms. The van der Waals surface area contributed by atoms with Gasteiger partial charge in [-0.15, -0.1) is 0 Å². The summed E-state index contributed by atoms with van der Waals surface area (Å²) in [6, 6.07) is 9.76. The van der Waals surface area contributed by atoms with Crippen LogP contribution >= 0.6 is 11.6 Å². The lowest BCUT2D eigenvalue weighted by atomic mass is 10.0. The number of carbonyl (C=O) groups excluding carboxylic acids is 2. The molecule has 2 amide bonds. The highest BCUT2D eigenvalue weighted by Gasteiger charge is 2.52. The fourth-order valence-corrected chi connectivity index (χ4v) is 6.50. The van der Waals surface area contributed by atoms with E-state index in [4.69, 9.17) is 11.6 Å². The zero-order valence-electron chi connectivity index (χ0n) is 17.9. The van der Waals surface area contributed by atoms with Gasteiger partial charge in [0.05, 0.1) is 11.4 Å². The maximum absolute atomic E-state index is 13.4. The zero-order valence-corrected chi connectivity index (χ0v) is 19.5. The van der Waals surface area contributed by atoms with Gasteiger partial charge in [0.2, 0.25) is 11.8 Å². The van der Waals surface area contributed by atoms with Gasteiger partial charge in [0, 0.05) is 10.7 Å². The van der Waals surface area contributed by atoms with Crippen LogP contribution in [-0.4, -0.2) is 31.5 Å². The number of amides is 2. The van der Waals surface area contributed by atoms with E-state index in [1.165, 1.54) is 24.3 Å². The predicted molar refractivity (Wildman–Crippen MR) is 122 cm³/mol. The summed E-state index contributed by atoms with van der Waals surface area (Å²) in [6.45, 7) is 5.48. The largest absolute Gasteiger partial charge is 0.346 e. The molecule has 0 radical (unpaired) electrons. The lowest BCUT2D eigenvalue weighted by Gasteiger charge is -2.27. The summed E-state index contributed by atoms with van der Waals surface area (Å²) >= 11 is 5.88. The number of nitrogens with one attached hydrogen (secondary N) is 2. The average Bonchev–Trinajstić information content (AvgIpc) is 3.21. The summed E-state index contributed by atoms with van der Waals surface area (Å²) in [5.74, 6) is -1.03. The van der Waals surface area contributed by atoms with Crippen molar-refractivity contribution in [3.63, 3.8) is 0 Å². The van der Waals surface area contributed by atoms with Crippen LogP contribution in [0, 0.1) is 20.8 Å². The predicted octanol–water partition coefficient (Wildman–Crippen LogP) is 4.11. The van der Waals surface area contributed by atoms with E-state index in [-0.39, 0.29) is 24.3 Å². The Balaban J connectivity index is 1.76. The highest BCUT2D eigenvalue weighted by atomic mass is 35.5. The van der Waals surface area contributed by atoms with Crippen molar-refractivity contribution in [1.29, 1.82) is 0 Å². The van der Waals surface area contributed by atoms with Crippen LogP contribution in [0.15, 0.2) is 41.3 Å². The van der Waals surface area contributed by atoms with Crippen molar-refractivity contribution in [3.8, 4) is 0 Å². The van der Waals surface area contributed by atoms with Crippen LogP contribution in [-0.2, 0) is 19.4 Å². The highest BCUT2D eigenvalue weighted by Crippen LogP contribution is 2.41. The molecule has 1 aliphatic rings. The van der Waals surface area contributed by atoms with Crippen molar-refractivity contribution in [2.75, 3.05) is 11.9 Å². The van der Waals surface area contributed by atoms with Crippen LogP contribution in [0.4, 0.5) is 5.69 Å². The van der Waals surface area contributed by atoms with Gasteiger partial charge in [-0.1, -0.05) is 42.1 Å². The minimum Gasteiger partial charge on any atom is -0.346 e. The number of halogens is 1. The molecule has 0 aliphatic heterocycles. The van der Waals surface area contributed by atoms with Gasteiger partial charge in [0.25, 0.3) is 0 Å². The minimum absolute atomic E-state index is 0.0595. The zero-order chi connectivity index (χ0) is 22.8. The molecule has 0 heterocycles. The van der Waals surface area contributed by atoms with Gasteiger partial charge in [-0.3, -0.25) is 9.59 Å². The third kappa shape index (κ3) is 4.62. The first-order chi connectivity index (χ1) is 14.6. The number of benzene rings is 2. The summed E-state index contributed by atoms with van der Waals surface area (Å²) in [5.41, 5.74) is 3.65. The van der Waals surface area contributed by atoms with Crippen LogP contribution in [0.2, 0.25) is 5.02 Å². The Morgan fingerprint density at radius 3 is 2.10 bits per heavy atom. The van der Waals surface area contributed by atoms with Crippen LogP contribution < -0.4 is 10.6 Å². The Hall–Kier alpha value is -2.38. The molecule has 1 aliphatic carbocycles. The van der Waals surface area contributed by atoms with Crippen molar-refractivity contribution in [2.45, 2.75) is 56.1 Å². The SMILES string of the molecule is Cc1cc(C)c(NC(=O)CNC(=O)C2(S(=O)(=O)c3ccc(Cl)cc3)CCCC2)c(C)c1. The quantitative estimate of drug-likeness (QED) is 0.675. The first-order valence-electron chi connectivity index (χ1n) is 10.2. The van der Waals surface area contributed by atoms with E-state index in [9.17, 15) is 18.0 Å². The number of anilines is 1. The Labute approximate surface area is 188 Å². The van der Waals surface area contributed by atoms with E-state index >= 15 is 0 Å². The van der Waals surface area contributed by atoms with E-state index in [1.807, 2.05) is 32.9 Å².